The van der Waals surface area contributed by atoms with Crippen molar-refractivity contribution >= 4 is 10.0 Å². The van der Waals surface area contributed by atoms with Crippen molar-refractivity contribution in [1.82, 2.24) is 14.5 Å². The van der Waals surface area contributed by atoms with Gasteiger partial charge in [0.2, 0.25) is 10.0 Å². The van der Waals surface area contributed by atoms with Gasteiger partial charge in [-0.2, -0.15) is 5.10 Å². The molecule has 0 amide bonds. The molecule has 6 nitrogen and oxygen atoms in total. The van der Waals surface area contributed by atoms with E-state index >= 15 is 0 Å². The van der Waals surface area contributed by atoms with Crippen LogP contribution in [0.5, 0.6) is 0 Å². The van der Waals surface area contributed by atoms with Gasteiger partial charge in [0.1, 0.15) is 4.90 Å². The molecule has 0 aliphatic heterocycles. The molecule has 0 bridgehead atoms. The summed E-state index contributed by atoms with van der Waals surface area (Å²) in [5.41, 5.74) is 5.48. The highest BCUT2D eigenvalue weighted by atomic mass is 32.2. The zero-order valence-electron chi connectivity index (χ0n) is 10.3. The standard InChI is InChI=1S/C10H20N4O2S/c1-9(6-11)4-3-5-13-17(15,16)10-7-12-14(2)8-10/h7-9,13H,3-6,11H2,1-2H3. The van der Waals surface area contributed by atoms with Crippen LogP contribution in [-0.2, 0) is 17.1 Å². The van der Waals surface area contributed by atoms with Gasteiger partial charge in [-0.15, -0.1) is 0 Å². The van der Waals surface area contributed by atoms with Gasteiger partial charge in [-0.1, -0.05) is 6.92 Å². The van der Waals surface area contributed by atoms with Gasteiger partial charge in [-0.25, -0.2) is 13.1 Å². The van der Waals surface area contributed by atoms with Gasteiger partial charge in [-0.3, -0.25) is 4.68 Å². The molecule has 1 rings (SSSR count). The lowest BCUT2D eigenvalue weighted by atomic mass is 10.1. The average Bonchev–Trinajstić information content (AvgIpc) is 2.71. The number of aryl methyl sites for hydroxylation is 1. The van der Waals surface area contributed by atoms with Crippen LogP contribution in [0.25, 0.3) is 0 Å². The van der Waals surface area contributed by atoms with Crippen LogP contribution in [0, 0.1) is 5.92 Å². The molecular weight excluding hydrogens is 240 g/mol. The fraction of sp³-hybridized carbons (Fsp3) is 0.700. The molecule has 0 aliphatic rings. The van der Waals surface area contributed by atoms with E-state index in [1.165, 1.54) is 17.1 Å². The van der Waals surface area contributed by atoms with Crippen LogP contribution in [0.2, 0.25) is 0 Å². The largest absolute Gasteiger partial charge is 0.330 e. The molecule has 3 N–H and O–H groups in total. The highest BCUT2D eigenvalue weighted by Gasteiger charge is 2.15. The quantitative estimate of drug-likeness (QED) is 0.679. The smallest absolute Gasteiger partial charge is 0.243 e. The Hall–Kier alpha value is -0.920. The topological polar surface area (TPSA) is 90.0 Å². The molecule has 1 unspecified atom stereocenters. The van der Waals surface area contributed by atoms with E-state index in [1.807, 2.05) is 0 Å². The van der Waals surface area contributed by atoms with E-state index in [9.17, 15) is 8.42 Å². The van der Waals surface area contributed by atoms with Crippen LogP contribution < -0.4 is 10.5 Å². The van der Waals surface area contributed by atoms with Gasteiger partial charge in [0.25, 0.3) is 0 Å². The van der Waals surface area contributed by atoms with E-state index in [1.54, 1.807) is 7.05 Å². The molecule has 1 aromatic heterocycles. The first-order chi connectivity index (χ1) is 7.95. The van der Waals surface area contributed by atoms with Crippen molar-refractivity contribution in [2.24, 2.45) is 18.7 Å². The predicted molar refractivity (Wildman–Crippen MR) is 65.8 cm³/mol. The van der Waals surface area contributed by atoms with Gasteiger partial charge in [0.15, 0.2) is 0 Å². The molecule has 1 atom stereocenters. The predicted octanol–water partition coefficient (Wildman–Crippen LogP) is 0.0734. The summed E-state index contributed by atoms with van der Waals surface area (Å²) in [5, 5.41) is 3.83. The van der Waals surface area contributed by atoms with Crippen molar-refractivity contribution in [2.45, 2.75) is 24.7 Å². The minimum atomic E-state index is -3.41. The molecule has 0 aromatic carbocycles. The van der Waals surface area contributed by atoms with E-state index in [4.69, 9.17) is 5.73 Å². The van der Waals surface area contributed by atoms with Crippen molar-refractivity contribution in [3.8, 4) is 0 Å². The second-order valence-electron chi connectivity index (χ2n) is 4.23. The fourth-order valence-electron chi connectivity index (χ4n) is 1.40. The van der Waals surface area contributed by atoms with Crippen LogP contribution in [0.1, 0.15) is 19.8 Å². The zero-order chi connectivity index (χ0) is 12.9. The van der Waals surface area contributed by atoms with E-state index in [0.29, 0.717) is 19.0 Å². The summed E-state index contributed by atoms with van der Waals surface area (Å²) in [6, 6.07) is 0. The van der Waals surface area contributed by atoms with Crippen LogP contribution in [-0.4, -0.2) is 31.3 Å². The summed E-state index contributed by atoms with van der Waals surface area (Å²) in [7, 11) is -1.73. The second-order valence-corrected chi connectivity index (χ2v) is 6.00. The lowest BCUT2D eigenvalue weighted by Gasteiger charge is -2.08. The number of hydrogen-bond donors (Lipinski definition) is 2. The maximum atomic E-state index is 11.8. The Balaban J connectivity index is 2.41. The summed E-state index contributed by atoms with van der Waals surface area (Å²) in [6.07, 6.45) is 4.53. The van der Waals surface area contributed by atoms with Gasteiger partial charge in [0.05, 0.1) is 6.20 Å². The first-order valence-corrected chi connectivity index (χ1v) is 7.12. The second kappa shape index (κ2) is 6.13. The van der Waals surface area contributed by atoms with Crippen molar-refractivity contribution in [3.05, 3.63) is 12.4 Å². The highest BCUT2D eigenvalue weighted by molar-refractivity contribution is 7.89. The molecule has 0 radical (unpaired) electrons. The van der Waals surface area contributed by atoms with Crippen LogP contribution in [0.15, 0.2) is 17.3 Å². The van der Waals surface area contributed by atoms with Crippen LogP contribution in [0.4, 0.5) is 0 Å². The Morgan fingerprint density at radius 2 is 2.29 bits per heavy atom. The van der Waals surface area contributed by atoms with Crippen LogP contribution >= 0.6 is 0 Å². The summed E-state index contributed by atoms with van der Waals surface area (Å²) in [4.78, 5) is 0.201. The third-order valence-electron chi connectivity index (χ3n) is 2.56. The Morgan fingerprint density at radius 3 is 2.82 bits per heavy atom. The lowest BCUT2D eigenvalue weighted by molar-refractivity contribution is 0.513. The van der Waals surface area contributed by atoms with Gasteiger partial charge < -0.3 is 5.73 Å². The molecule has 98 valence electrons. The van der Waals surface area contributed by atoms with Crippen LogP contribution in [0.3, 0.4) is 0 Å². The Bertz CT molecular complexity index is 441. The molecule has 0 saturated heterocycles. The molecule has 0 spiro atoms. The number of aromatic nitrogens is 2. The number of nitrogens with two attached hydrogens (primary N) is 1. The maximum Gasteiger partial charge on any atom is 0.243 e. The van der Waals surface area contributed by atoms with Crippen molar-refractivity contribution in [1.29, 1.82) is 0 Å². The molecule has 0 aliphatic carbocycles. The average molecular weight is 260 g/mol. The summed E-state index contributed by atoms with van der Waals surface area (Å²) < 4.78 is 27.6. The van der Waals surface area contributed by atoms with Crippen molar-refractivity contribution in [2.75, 3.05) is 13.1 Å². The van der Waals surface area contributed by atoms with Crippen molar-refractivity contribution < 1.29 is 8.42 Å². The van der Waals surface area contributed by atoms with E-state index in [0.717, 1.165) is 12.8 Å². The molecule has 1 aromatic rings. The number of hydrogen-bond acceptors (Lipinski definition) is 4. The molecule has 17 heavy (non-hydrogen) atoms. The number of nitrogens with zero attached hydrogens (tertiary/aromatic N) is 2. The zero-order valence-corrected chi connectivity index (χ0v) is 11.1. The molecule has 1 heterocycles. The number of rotatable bonds is 7. The fourth-order valence-corrected chi connectivity index (χ4v) is 2.45. The summed E-state index contributed by atoms with van der Waals surface area (Å²) in [5.74, 6) is 0.429. The molecule has 0 fully saturated rings. The molecular formula is C10H20N4O2S. The van der Waals surface area contributed by atoms with E-state index in [2.05, 4.69) is 16.7 Å². The normalized spacial score (nSPS) is 13.8. The van der Waals surface area contributed by atoms with Crippen molar-refractivity contribution in [3.63, 3.8) is 0 Å². The molecule has 7 heteroatoms. The Morgan fingerprint density at radius 1 is 1.59 bits per heavy atom. The Kier molecular flexibility index (Phi) is 5.10. The molecule has 0 saturated carbocycles. The third-order valence-corrected chi connectivity index (χ3v) is 3.98. The monoisotopic (exact) mass is 260 g/mol. The first kappa shape index (κ1) is 14.1. The lowest BCUT2D eigenvalue weighted by Crippen LogP contribution is -2.25. The Labute approximate surface area is 102 Å². The van der Waals surface area contributed by atoms with Gasteiger partial charge in [-0.05, 0) is 25.3 Å². The minimum absolute atomic E-state index is 0.201. The van der Waals surface area contributed by atoms with Gasteiger partial charge in [0, 0.05) is 19.8 Å². The summed E-state index contributed by atoms with van der Waals surface area (Å²) in [6.45, 7) is 3.12. The van der Waals surface area contributed by atoms with E-state index in [-0.39, 0.29) is 4.90 Å². The first-order valence-electron chi connectivity index (χ1n) is 5.64. The SMILES string of the molecule is CC(CN)CCCNS(=O)(=O)c1cnn(C)c1. The number of sulfonamides is 1. The van der Waals surface area contributed by atoms with E-state index < -0.39 is 10.0 Å². The summed E-state index contributed by atoms with van der Waals surface area (Å²) >= 11 is 0. The minimum Gasteiger partial charge on any atom is -0.330 e. The number of nitrogens with one attached hydrogen (secondary N) is 1. The maximum absolute atomic E-state index is 11.8. The third kappa shape index (κ3) is 4.45. The van der Waals surface area contributed by atoms with Gasteiger partial charge >= 0.3 is 0 Å². The highest BCUT2D eigenvalue weighted by Crippen LogP contribution is 2.07.